The molecular formula is C33H28N4OPt-2. The van der Waals surface area contributed by atoms with E-state index < -0.39 is 17.6 Å². The van der Waals surface area contributed by atoms with E-state index in [0.717, 1.165) is 42.4 Å². The van der Waals surface area contributed by atoms with Gasteiger partial charge in [0.1, 0.15) is 0 Å². The quantitative estimate of drug-likeness (QED) is 0.202. The summed E-state index contributed by atoms with van der Waals surface area (Å²) in [6, 6.07) is 35.5. The van der Waals surface area contributed by atoms with Crippen LogP contribution in [0.1, 0.15) is 37.5 Å². The molecular weight excluding hydrogens is 663 g/mol. The molecule has 39 heavy (non-hydrogen) atoms. The first-order chi connectivity index (χ1) is 18.9. The minimum absolute atomic E-state index is 0.00856. The van der Waals surface area contributed by atoms with Crippen molar-refractivity contribution in [3.05, 3.63) is 108 Å². The maximum atomic E-state index is 6.46. The van der Waals surface area contributed by atoms with Crippen molar-refractivity contribution in [3.8, 4) is 11.5 Å². The zero-order chi connectivity index (χ0) is 26.3. The Labute approximate surface area is 237 Å². The number of anilines is 4. The molecule has 8 rings (SSSR count). The van der Waals surface area contributed by atoms with Crippen molar-refractivity contribution in [2.75, 3.05) is 26.3 Å². The number of hydrogen-bond acceptors (Lipinski definition) is 5. The SMILES string of the molecule is CC(C)(C)c1cc2[c-]c(c1)Oc1[c-]c(ccc1)CN1[C]3=[Pt]=[C]4N(C2)c2ccccc2N4CN3c2ccccc21. The molecule has 4 aromatic carbocycles. The molecule has 0 unspecified atom stereocenters. The second-order valence-electron chi connectivity index (χ2n) is 11.4. The average molecular weight is 692 g/mol. The number of benzene rings is 4. The van der Waals surface area contributed by atoms with E-state index in [2.05, 4.69) is 125 Å². The van der Waals surface area contributed by atoms with Gasteiger partial charge in [-0.2, -0.15) is 0 Å². The molecule has 0 fully saturated rings. The summed E-state index contributed by atoms with van der Waals surface area (Å²) in [4.78, 5) is 10.1. The molecule has 6 bridgehead atoms. The van der Waals surface area contributed by atoms with E-state index in [-0.39, 0.29) is 5.41 Å². The van der Waals surface area contributed by atoms with Crippen molar-refractivity contribution in [3.63, 3.8) is 0 Å². The van der Waals surface area contributed by atoms with Gasteiger partial charge in [-0.3, -0.25) is 0 Å². The number of fused-ring (bicyclic) bond motifs is 10. The van der Waals surface area contributed by atoms with Gasteiger partial charge in [0.15, 0.2) is 0 Å². The molecule has 0 atom stereocenters. The third-order valence-corrected chi connectivity index (χ3v) is 11.1. The van der Waals surface area contributed by atoms with E-state index in [1.165, 1.54) is 36.6 Å². The first-order valence-electron chi connectivity index (χ1n) is 13.3. The van der Waals surface area contributed by atoms with Crippen LogP contribution in [-0.4, -0.2) is 15.0 Å². The maximum absolute atomic E-state index is 6.46. The number of ether oxygens (including phenoxy) is 1. The van der Waals surface area contributed by atoms with E-state index in [1.54, 1.807) is 0 Å². The molecule has 0 radical (unpaired) electrons. The van der Waals surface area contributed by atoms with Gasteiger partial charge in [-0.15, -0.1) is 0 Å². The van der Waals surface area contributed by atoms with Gasteiger partial charge in [0, 0.05) is 0 Å². The number of hydrogen-bond donors (Lipinski definition) is 0. The number of para-hydroxylation sites is 4. The zero-order valence-corrected chi connectivity index (χ0v) is 24.4. The Morgan fingerprint density at radius 2 is 1.21 bits per heavy atom. The van der Waals surface area contributed by atoms with Crippen LogP contribution >= 0.6 is 0 Å². The second-order valence-corrected chi connectivity index (χ2v) is 14.0. The van der Waals surface area contributed by atoms with Crippen molar-refractivity contribution < 1.29 is 22.4 Å². The summed E-state index contributed by atoms with van der Waals surface area (Å²) >= 11 is -0.506. The average Bonchev–Trinajstić information content (AvgIpc) is 3.39. The molecule has 198 valence electrons. The Morgan fingerprint density at radius 1 is 0.641 bits per heavy atom. The van der Waals surface area contributed by atoms with E-state index in [9.17, 15) is 0 Å². The van der Waals surface area contributed by atoms with Crippen LogP contribution in [0.5, 0.6) is 11.5 Å². The predicted octanol–water partition coefficient (Wildman–Crippen LogP) is 6.27. The molecule has 0 aromatic heterocycles. The van der Waals surface area contributed by atoms with E-state index >= 15 is 0 Å². The van der Waals surface area contributed by atoms with Gasteiger partial charge >= 0.3 is 238 Å². The predicted molar refractivity (Wildman–Crippen MR) is 154 cm³/mol. The van der Waals surface area contributed by atoms with Crippen molar-refractivity contribution in [1.82, 2.24) is 0 Å². The fraction of sp³-hybridized carbons (Fsp3) is 0.212. The molecule has 0 spiro atoms. The first-order valence-corrected chi connectivity index (χ1v) is 15.6. The van der Waals surface area contributed by atoms with Crippen molar-refractivity contribution in [2.24, 2.45) is 0 Å². The second kappa shape index (κ2) is 8.40. The number of rotatable bonds is 0. The molecule has 5 nitrogen and oxygen atoms in total. The van der Waals surface area contributed by atoms with E-state index in [0.29, 0.717) is 0 Å². The molecule has 4 aromatic rings. The summed E-state index contributed by atoms with van der Waals surface area (Å²) in [6.07, 6.45) is 0. The Bertz CT molecular complexity index is 1730. The van der Waals surface area contributed by atoms with Gasteiger partial charge in [0.25, 0.3) is 0 Å². The normalized spacial score (nSPS) is 17.3. The summed E-state index contributed by atoms with van der Waals surface area (Å²) in [7, 11) is 0. The van der Waals surface area contributed by atoms with E-state index in [1.807, 2.05) is 6.07 Å². The molecule has 4 aliphatic heterocycles. The summed E-state index contributed by atoms with van der Waals surface area (Å²) in [5.74, 6) is 1.48. The fourth-order valence-corrected chi connectivity index (χ4v) is 9.16. The van der Waals surface area contributed by atoms with Crippen molar-refractivity contribution >= 4 is 31.0 Å². The molecule has 4 aliphatic rings. The Morgan fingerprint density at radius 3 is 1.82 bits per heavy atom. The summed E-state index contributed by atoms with van der Waals surface area (Å²) in [5, 5.41) is 0. The van der Waals surface area contributed by atoms with E-state index in [4.69, 9.17) is 4.74 Å². The van der Waals surface area contributed by atoms with Gasteiger partial charge in [-0.25, -0.2) is 0 Å². The van der Waals surface area contributed by atoms with Crippen molar-refractivity contribution in [1.29, 1.82) is 0 Å². The molecule has 0 amide bonds. The Kier molecular flexibility index (Phi) is 5.00. The fourth-order valence-electron chi connectivity index (χ4n) is 5.71. The third-order valence-electron chi connectivity index (χ3n) is 7.65. The summed E-state index contributed by atoms with van der Waals surface area (Å²) < 4.78 is 9.30. The van der Waals surface area contributed by atoms with Crippen LogP contribution in [0, 0.1) is 12.1 Å². The number of nitrogens with zero attached hydrogens (tertiary/aromatic N) is 4. The summed E-state index contributed by atoms with van der Waals surface area (Å²) in [6.45, 7) is 9.10. The van der Waals surface area contributed by atoms with Crippen LogP contribution in [-0.2, 0) is 36.1 Å². The van der Waals surface area contributed by atoms with Crippen LogP contribution in [0.25, 0.3) is 0 Å². The Hall–Kier alpha value is -3.69. The van der Waals surface area contributed by atoms with Gasteiger partial charge in [0.2, 0.25) is 0 Å². The molecule has 0 N–H and O–H groups in total. The van der Waals surface area contributed by atoms with Crippen LogP contribution < -0.4 is 24.3 Å². The van der Waals surface area contributed by atoms with Crippen LogP contribution in [0.3, 0.4) is 0 Å². The molecule has 0 saturated heterocycles. The van der Waals surface area contributed by atoms with Crippen LogP contribution in [0.4, 0.5) is 22.7 Å². The van der Waals surface area contributed by atoms with Gasteiger partial charge in [-0.1, -0.05) is 0 Å². The van der Waals surface area contributed by atoms with Gasteiger partial charge < -0.3 is 0 Å². The topological polar surface area (TPSA) is 22.2 Å². The minimum atomic E-state index is -0.506. The summed E-state index contributed by atoms with van der Waals surface area (Å²) in [5.41, 5.74) is 8.61. The van der Waals surface area contributed by atoms with Crippen LogP contribution in [0.2, 0.25) is 0 Å². The third kappa shape index (κ3) is 3.71. The molecule has 6 heteroatoms. The molecule has 4 heterocycles. The van der Waals surface area contributed by atoms with Crippen LogP contribution in [0.15, 0.2) is 78.9 Å². The first kappa shape index (κ1) is 23.2. The monoisotopic (exact) mass is 691 g/mol. The van der Waals surface area contributed by atoms with Gasteiger partial charge in [0.05, 0.1) is 0 Å². The standard InChI is InChI=1S/C33H28N4O.Pt/c1-33(2,3)26-15-25-17-28(18-26)38-27-10-8-9-24(16-27)19-34-21-36(31-13-6-4-11-29(31)34)23-37-22-35(20-25)30-12-5-7-14-32(30)37;/h4-15,18H,19-20,23H2,1-3H3;/q-2;. The van der Waals surface area contributed by atoms with Crippen molar-refractivity contribution in [2.45, 2.75) is 39.3 Å². The zero-order valence-electron chi connectivity index (χ0n) is 22.1. The molecule has 0 saturated carbocycles. The molecule has 0 aliphatic carbocycles. The van der Waals surface area contributed by atoms with Gasteiger partial charge in [-0.05, 0) is 0 Å². The Balaban J connectivity index is 1.39.